The molecule has 5 nitrogen and oxygen atoms in total. The predicted molar refractivity (Wildman–Crippen MR) is 76.9 cm³/mol. The molecule has 2 rings (SSSR count). The first-order valence-corrected chi connectivity index (χ1v) is 8.24. The van der Waals surface area contributed by atoms with E-state index in [4.69, 9.17) is 5.14 Å². The number of amides is 1. The molecule has 0 heterocycles. The molecule has 0 saturated heterocycles. The molecule has 20 heavy (non-hydrogen) atoms. The van der Waals surface area contributed by atoms with Gasteiger partial charge < -0.3 is 5.32 Å². The van der Waals surface area contributed by atoms with Gasteiger partial charge in [0.25, 0.3) is 5.91 Å². The first-order valence-electron chi connectivity index (χ1n) is 6.69. The molecule has 1 aliphatic rings. The van der Waals surface area contributed by atoms with Crippen LogP contribution in [0.5, 0.6) is 0 Å². The molecular weight excluding hydrogens is 276 g/mol. The van der Waals surface area contributed by atoms with Crippen LogP contribution in [0.25, 0.3) is 0 Å². The number of primary sulfonamides is 1. The van der Waals surface area contributed by atoms with E-state index in [0.717, 1.165) is 12.8 Å². The van der Waals surface area contributed by atoms with Gasteiger partial charge in [0, 0.05) is 12.1 Å². The Morgan fingerprint density at radius 2 is 2.05 bits per heavy atom. The molecule has 1 aromatic carbocycles. The number of hydrogen-bond donors (Lipinski definition) is 2. The second-order valence-electron chi connectivity index (χ2n) is 5.71. The van der Waals surface area contributed by atoms with Crippen molar-refractivity contribution in [3.05, 3.63) is 29.3 Å². The van der Waals surface area contributed by atoms with E-state index in [1.54, 1.807) is 12.1 Å². The summed E-state index contributed by atoms with van der Waals surface area (Å²) >= 11 is 0. The first-order chi connectivity index (χ1) is 9.25. The molecule has 110 valence electrons. The van der Waals surface area contributed by atoms with Crippen molar-refractivity contribution < 1.29 is 13.2 Å². The summed E-state index contributed by atoms with van der Waals surface area (Å²) in [5.74, 6) is -0.259. The molecule has 0 unspecified atom stereocenters. The fourth-order valence-corrected chi connectivity index (χ4v) is 2.91. The minimum absolute atomic E-state index is 0.0327. The maximum Gasteiger partial charge on any atom is 0.251 e. The quantitative estimate of drug-likeness (QED) is 0.861. The predicted octanol–water partition coefficient (Wildman–Crippen LogP) is 1.43. The molecule has 1 aromatic rings. The first kappa shape index (κ1) is 15.0. The highest BCUT2D eigenvalue weighted by Gasteiger charge is 2.37. The van der Waals surface area contributed by atoms with Crippen LogP contribution in [0, 0.1) is 5.41 Å². The summed E-state index contributed by atoms with van der Waals surface area (Å²) in [5, 5.41) is 8.04. The fraction of sp³-hybridized carbons (Fsp3) is 0.500. The molecule has 1 aliphatic carbocycles. The topological polar surface area (TPSA) is 89.3 Å². The van der Waals surface area contributed by atoms with Crippen LogP contribution in [-0.2, 0) is 16.4 Å². The van der Waals surface area contributed by atoms with Crippen LogP contribution in [0.15, 0.2) is 23.1 Å². The van der Waals surface area contributed by atoms with Crippen LogP contribution in [0.2, 0.25) is 0 Å². The van der Waals surface area contributed by atoms with E-state index in [-0.39, 0.29) is 16.2 Å². The molecule has 0 bridgehead atoms. The molecular formula is C14H20N2O3S. The normalized spacial score (nSPS) is 16.8. The number of sulfonamides is 1. The number of hydrogen-bond acceptors (Lipinski definition) is 3. The Morgan fingerprint density at radius 1 is 1.40 bits per heavy atom. The van der Waals surface area contributed by atoms with E-state index in [1.807, 2.05) is 6.92 Å². The molecule has 6 heteroatoms. The van der Waals surface area contributed by atoms with Gasteiger partial charge in [0.2, 0.25) is 10.0 Å². The molecule has 0 spiro atoms. The highest BCUT2D eigenvalue weighted by molar-refractivity contribution is 7.89. The van der Waals surface area contributed by atoms with Gasteiger partial charge in [0.15, 0.2) is 0 Å². The van der Waals surface area contributed by atoms with Crippen LogP contribution in [-0.4, -0.2) is 20.9 Å². The molecule has 0 aliphatic heterocycles. The smallest absolute Gasteiger partial charge is 0.251 e. The number of aryl methyl sites for hydroxylation is 1. The van der Waals surface area contributed by atoms with E-state index < -0.39 is 10.0 Å². The molecule has 1 fully saturated rings. The lowest BCUT2D eigenvalue weighted by molar-refractivity contribution is 0.0946. The molecule has 1 amide bonds. The van der Waals surface area contributed by atoms with Gasteiger partial charge in [0.1, 0.15) is 0 Å². The number of rotatable bonds is 5. The van der Waals surface area contributed by atoms with Gasteiger partial charge in [-0.15, -0.1) is 0 Å². The number of nitrogens with one attached hydrogen (secondary N) is 1. The van der Waals surface area contributed by atoms with Gasteiger partial charge in [-0.3, -0.25) is 4.79 Å². The van der Waals surface area contributed by atoms with Crippen LogP contribution in [0.3, 0.4) is 0 Å². The Hall–Kier alpha value is -1.40. The minimum atomic E-state index is -3.81. The van der Waals surface area contributed by atoms with Crippen molar-refractivity contribution in [2.75, 3.05) is 6.54 Å². The fourth-order valence-electron chi connectivity index (χ4n) is 2.04. The Labute approximate surface area is 119 Å². The van der Waals surface area contributed by atoms with E-state index in [9.17, 15) is 13.2 Å². The van der Waals surface area contributed by atoms with Crippen LogP contribution in [0.1, 0.15) is 42.6 Å². The summed E-state index contributed by atoms with van der Waals surface area (Å²) in [6, 6.07) is 4.64. The third-order valence-electron chi connectivity index (χ3n) is 3.80. The minimum Gasteiger partial charge on any atom is -0.351 e. The average molecular weight is 296 g/mol. The number of nitrogens with two attached hydrogens (primary N) is 1. The summed E-state index contributed by atoms with van der Waals surface area (Å²) in [6.45, 7) is 4.58. The maximum absolute atomic E-state index is 12.1. The van der Waals surface area contributed by atoms with Gasteiger partial charge in [-0.25, -0.2) is 13.6 Å². The van der Waals surface area contributed by atoms with Gasteiger partial charge in [-0.05, 0) is 42.4 Å². The second kappa shape index (κ2) is 5.18. The zero-order valence-electron chi connectivity index (χ0n) is 11.8. The molecule has 0 atom stereocenters. The SMILES string of the molecule is CCc1ccc(C(=O)NCC2(C)CC2)cc1S(N)(=O)=O. The maximum atomic E-state index is 12.1. The van der Waals surface area contributed by atoms with Gasteiger partial charge in [-0.1, -0.05) is 19.9 Å². The molecule has 0 radical (unpaired) electrons. The molecule has 3 N–H and O–H groups in total. The van der Waals surface area contributed by atoms with E-state index >= 15 is 0 Å². The Balaban J connectivity index is 2.22. The Bertz CT molecular complexity index is 634. The summed E-state index contributed by atoms with van der Waals surface area (Å²) in [6.07, 6.45) is 2.78. The van der Waals surface area contributed by atoms with E-state index in [2.05, 4.69) is 12.2 Å². The summed E-state index contributed by atoms with van der Waals surface area (Å²) in [4.78, 5) is 12.1. The zero-order chi connectivity index (χ0) is 15.0. The Morgan fingerprint density at radius 3 is 2.55 bits per heavy atom. The standard InChI is InChI=1S/C14H20N2O3S/c1-3-10-4-5-11(8-12(10)20(15,18)19)13(17)16-9-14(2)6-7-14/h4-5,8H,3,6-7,9H2,1-2H3,(H,16,17)(H2,15,18,19). The number of carbonyl (C=O) groups is 1. The highest BCUT2D eigenvalue weighted by atomic mass is 32.2. The number of benzene rings is 1. The van der Waals surface area contributed by atoms with Crippen molar-refractivity contribution in [1.29, 1.82) is 0 Å². The summed E-state index contributed by atoms with van der Waals surface area (Å²) < 4.78 is 23.1. The van der Waals surface area contributed by atoms with Crippen LogP contribution >= 0.6 is 0 Å². The van der Waals surface area contributed by atoms with Crippen molar-refractivity contribution in [2.45, 2.75) is 38.0 Å². The van der Waals surface area contributed by atoms with Gasteiger partial charge in [-0.2, -0.15) is 0 Å². The Kier molecular flexibility index (Phi) is 3.88. The van der Waals surface area contributed by atoms with Crippen LogP contribution in [0.4, 0.5) is 0 Å². The average Bonchev–Trinajstić information content (AvgIpc) is 3.13. The molecule has 1 saturated carbocycles. The lowest BCUT2D eigenvalue weighted by Crippen LogP contribution is -2.29. The zero-order valence-corrected chi connectivity index (χ0v) is 12.6. The van der Waals surface area contributed by atoms with E-state index in [1.165, 1.54) is 6.07 Å². The highest BCUT2D eigenvalue weighted by Crippen LogP contribution is 2.44. The van der Waals surface area contributed by atoms with Crippen molar-refractivity contribution >= 4 is 15.9 Å². The lowest BCUT2D eigenvalue weighted by atomic mass is 10.1. The monoisotopic (exact) mass is 296 g/mol. The van der Waals surface area contributed by atoms with Crippen molar-refractivity contribution in [3.63, 3.8) is 0 Å². The summed E-state index contributed by atoms with van der Waals surface area (Å²) in [5.41, 5.74) is 1.16. The van der Waals surface area contributed by atoms with Crippen molar-refractivity contribution in [2.24, 2.45) is 10.6 Å². The lowest BCUT2D eigenvalue weighted by Gasteiger charge is -2.12. The van der Waals surface area contributed by atoms with Crippen LogP contribution < -0.4 is 10.5 Å². The summed E-state index contributed by atoms with van der Waals surface area (Å²) in [7, 11) is -3.81. The molecule has 0 aromatic heterocycles. The number of carbonyl (C=O) groups excluding carboxylic acids is 1. The van der Waals surface area contributed by atoms with Crippen molar-refractivity contribution in [1.82, 2.24) is 5.32 Å². The second-order valence-corrected chi connectivity index (χ2v) is 7.24. The third-order valence-corrected chi connectivity index (χ3v) is 4.79. The van der Waals surface area contributed by atoms with E-state index in [0.29, 0.717) is 24.1 Å². The van der Waals surface area contributed by atoms with Gasteiger partial charge in [0.05, 0.1) is 4.90 Å². The van der Waals surface area contributed by atoms with Crippen molar-refractivity contribution in [3.8, 4) is 0 Å². The van der Waals surface area contributed by atoms with Gasteiger partial charge >= 0.3 is 0 Å². The largest absolute Gasteiger partial charge is 0.351 e. The third kappa shape index (κ3) is 3.37.